The SMILES string of the molecule is Cc1nccn1C(C)CCN. The molecule has 1 aromatic heterocycles. The van der Waals surface area contributed by atoms with Gasteiger partial charge in [0, 0.05) is 18.4 Å². The lowest BCUT2D eigenvalue weighted by Crippen LogP contribution is -2.11. The van der Waals surface area contributed by atoms with Crippen molar-refractivity contribution in [3.05, 3.63) is 18.2 Å². The van der Waals surface area contributed by atoms with Crippen molar-refractivity contribution in [2.75, 3.05) is 6.54 Å². The number of rotatable bonds is 3. The van der Waals surface area contributed by atoms with Crippen LogP contribution in [0.5, 0.6) is 0 Å². The van der Waals surface area contributed by atoms with Gasteiger partial charge in [0.2, 0.25) is 0 Å². The maximum atomic E-state index is 5.45. The summed E-state index contributed by atoms with van der Waals surface area (Å²) in [5.74, 6) is 1.06. The third-order valence-electron chi connectivity index (χ3n) is 1.92. The summed E-state index contributed by atoms with van der Waals surface area (Å²) in [4.78, 5) is 4.14. The van der Waals surface area contributed by atoms with Crippen molar-refractivity contribution in [2.45, 2.75) is 26.3 Å². The van der Waals surface area contributed by atoms with Gasteiger partial charge in [-0.05, 0) is 26.8 Å². The van der Waals surface area contributed by atoms with Crippen LogP contribution in [0, 0.1) is 6.92 Å². The molecule has 0 aliphatic heterocycles. The number of nitrogens with two attached hydrogens (primary N) is 1. The van der Waals surface area contributed by atoms with Gasteiger partial charge in [0.1, 0.15) is 5.82 Å². The lowest BCUT2D eigenvalue weighted by Gasteiger charge is -2.13. The molecule has 11 heavy (non-hydrogen) atoms. The first-order valence-electron chi connectivity index (χ1n) is 3.95. The second-order valence-electron chi connectivity index (χ2n) is 2.81. The van der Waals surface area contributed by atoms with Crippen LogP contribution in [0.15, 0.2) is 12.4 Å². The minimum absolute atomic E-state index is 0.475. The van der Waals surface area contributed by atoms with Crippen molar-refractivity contribution in [3.8, 4) is 0 Å². The molecular formula is C8H15N3. The van der Waals surface area contributed by atoms with Crippen LogP contribution in [0.25, 0.3) is 0 Å². The van der Waals surface area contributed by atoms with E-state index in [1.807, 2.05) is 19.3 Å². The van der Waals surface area contributed by atoms with Crippen LogP contribution in [-0.2, 0) is 0 Å². The molecule has 0 saturated carbocycles. The van der Waals surface area contributed by atoms with Gasteiger partial charge in [-0.2, -0.15) is 0 Å². The Kier molecular flexibility index (Phi) is 2.65. The highest BCUT2D eigenvalue weighted by atomic mass is 15.1. The molecule has 0 fully saturated rings. The van der Waals surface area contributed by atoms with E-state index in [1.54, 1.807) is 0 Å². The number of aryl methyl sites for hydroxylation is 1. The molecule has 0 amide bonds. The lowest BCUT2D eigenvalue weighted by atomic mass is 10.2. The molecular weight excluding hydrogens is 138 g/mol. The van der Waals surface area contributed by atoms with Crippen LogP contribution in [-0.4, -0.2) is 16.1 Å². The van der Waals surface area contributed by atoms with Crippen LogP contribution in [0.1, 0.15) is 25.2 Å². The third kappa shape index (κ3) is 1.80. The Morgan fingerprint density at radius 3 is 2.91 bits per heavy atom. The summed E-state index contributed by atoms with van der Waals surface area (Å²) in [6.07, 6.45) is 4.83. The van der Waals surface area contributed by atoms with E-state index >= 15 is 0 Å². The molecule has 62 valence electrons. The number of imidazole rings is 1. The monoisotopic (exact) mass is 153 g/mol. The largest absolute Gasteiger partial charge is 0.332 e. The standard InChI is InChI=1S/C8H15N3/c1-7(3-4-9)11-6-5-10-8(11)2/h5-7H,3-4,9H2,1-2H3. The van der Waals surface area contributed by atoms with E-state index in [9.17, 15) is 0 Å². The molecule has 1 unspecified atom stereocenters. The average Bonchev–Trinajstić information content (AvgIpc) is 2.36. The van der Waals surface area contributed by atoms with E-state index in [0.717, 1.165) is 18.8 Å². The second-order valence-corrected chi connectivity index (χ2v) is 2.81. The van der Waals surface area contributed by atoms with E-state index in [1.165, 1.54) is 0 Å². The summed E-state index contributed by atoms with van der Waals surface area (Å²) < 4.78 is 2.15. The average molecular weight is 153 g/mol. The van der Waals surface area contributed by atoms with Crippen molar-refractivity contribution in [3.63, 3.8) is 0 Å². The molecule has 1 aromatic rings. The van der Waals surface area contributed by atoms with Gasteiger partial charge >= 0.3 is 0 Å². The number of nitrogens with zero attached hydrogens (tertiary/aromatic N) is 2. The summed E-state index contributed by atoms with van der Waals surface area (Å²) in [7, 11) is 0. The molecule has 3 nitrogen and oxygen atoms in total. The van der Waals surface area contributed by atoms with Crippen LogP contribution in [0.2, 0.25) is 0 Å². The van der Waals surface area contributed by atoms with E-state index in [0.29, 0.717) is 6.04 Å². The Morgan fingerprint density at radius 1 is 1.73 bits per heavy atom. The second kappa shape index (κ2) is 3.53. The fraction of sp³-hybridized carbons (Fsp3) is 0.625. The molecule has 0 radical (unpaired) electrons. The fourth-order valence-electron chi connectivity index (χ4n) is 1.23. The van der Waals surface area contributed by atoms with Crippen LogP contribution >= 0.6 is 0 Å². The van der Waals surface area contributed by atoms with Crippen LogP contribution in [0.4, 0.5) is 0 Å². The minimum atomic E-state index is 0.475. The first-order chi connectivity index (χ1) is 5.25. The predicted octanol–water partition coefficient (Wildman–Crippen LogP) is 1.10. The molecule has 1 heterocycles. The number of hydrogen-bond donors (Lipinski definition) is 1. The van der Waals surface area contributed by atoms with Gasteiger partial charge in [0.15, 0.2) is 0 Å². The summed E-state index contributed by atoms with van der Waals surface area (Å²) in [5.41, 5.74) is 5.45. The molecule has 0 aromatic carbocycles. The highest BCUT2D eigenvalue weighted by molar-refractivity contribution is 4.91. The van der Waals surface area contributed by atoms with Gasteiger partial charge in [0.25, 0.3) is 0 Å². The summed E-state index contributed by atoms with van der Waals surface area (Å²) in [6, 6.07) is 0.475. The van der Waals surface area contributed by atoms with Gasteiger partial charge in [-0.3, -0.25) is 0 Å². The van der Waals surface area contributed by atoms with Gasteiger partial charge < -0.3 is 10.3 Å². The molecule has 0 bridgehead atoms. The molecule has 0 aliphatic rings. The van der Waals surface area contributed by atoms with Gasteiger partial charge in [-0.1, -0.05) is 0 Å². The van der Waals surface area contributed by atoms with E-state index in [-0.39, 0.29) is 0 Å². The highest BCUT2D eigenvalue weighted by Crippen LogP contribution is 2.10. The third-order valence-corrected chi connectivity index (χ3v) is 1.92. The Balaban J connectivity index is 2.67. The van der Waals surface area contributed by atoms with Crippen molar-refractivity contribution in [1.82, 2.24) is 9.55 Å². The normalized spacial score (nSPS) is 13.4. The van der Waals surface area contributed by atoms with Gasteiger partial charge in [-0.25, -0.2) is 4.98 Å². The van der Waals surface area contributed by atoms with Crippen LogP contribution < -0.4 is 5.73 Å². The first-order valence-corrected chi connectivity index (χ1v) is 3.95. The quantitative estimate of drug-likeness (QED) is 0.706. The maximum Gasteiger partial charge on any atom is 0.105 e. The Labute approximate surface area is 67.2 Å². The molecule has 1 rings (SSSR count). The summed E-state index contributed by atoms with van der Waals surface area (Å²) in [6.45, 7) is 4.90. The highest BCUT2D eigenvalue weighted by Gasteiger charge is 2.04. The zero-order chi connectivity index (χ0) is 8.27. The lowest BCUT2D eigenvalue weighted by molar-refractivity contribution is 0.502. The Morgan fingerprint density at radius 2 is 2.45 bits per heavy atom. The van der Waals surface area contributed by atoms with Crippen molar-refractivity contribution in [1.29, 1.82) is 0 Å². The molecule has 1 atom stereocenters. The topological polar surface area (TPSA) is 43.8 Å². The van der Waals surface area contributed by atoms with Crippen molar-refractivity contribution in [2.24, 2.45) is 5.73 Å². The molecule has 0 aliphatic carbocycles. The van der Waals surface area contributed by atoms with E-state index in [4.69, 9.17) is 5.73 Å². The molecule has 3 heteroatoms. The zero-order valence-corrected chi connectivity index (χ0v) is 7.12. The predicted molar refractivity (Wildman–Crippen MR) is 45.3 cm³/mol. The van der Waals surface area contributed by atoms with Gasteiger partial charge in [-0.15, -0.1) is 0 Å². The minimum Gasteiger partial charge on any atom is -0.332 e. The molecule has 0 spiro atoms. The maximum absolute atomic E-state index is 5.45. The molecule has 0 saturated heterocycles. The fourth-order valence-corrected chi connectivity index (χ4v) is 1.23. The molecule has 2 N–H and O–H groups in total. The zero-order valence-electron chi connectivity index (χ0n) is 7.12. The summed E-state index contributed by atoms with van der Waals surface area (Å²) >= 11 is 0. The van der Waals surface area contributed by atoms with Crippen molar-refractivity contribution < 1.29 is 0 Å². The summed E-state index contributed by atoms with van der Waals surface area (Å²) in [5, 5.41) is 0. The van der Waals surface area contributed by atoms with Crippen LogP contribution in [0.3, 0.4) is 0 Å². The van der Waals surface area contributed by atoms with Crippen molar-refractivity contribution >= 4 is 0 Å². The Hall–Kier alpha value is -0.830. The number of hydrogen-bond acceptors (Lipinski definition) is 2. The smallest absolute Gasteiger partial charge is 0.105 e. The van der Waals surface area contributed by atoms with E-state index in [2.05, 4.69) is 16.5 Å². The Bertz CT molecular complexity index is 217. The van der Waals surface area contributed by atoms with E-state index < -0.39 is 0 Å². The van der Waals surface area contributed by atoms with Gasteiger partial charge in [0.05, 0.1) is 0 Å². The first kappa shape index (κ1) is 8.27. The number of aromatic nitrogens is 2.